The van der Waals surface area contributed by atoms with Crippen molar-refractivity contribution in [3.63, 3.8) is 0 Å². The van der Waals surface area contributed by atoms with Crippen molar-refractivity contribution in [2.24, 2.45) is 17.3 Å². The highest BCUT2D eigenvalue weighted by molar-refractivity contribution is 9.10. The lowest BCUT2D eigenvalue weighted by Gasteiger charge is -2.58. The monoisotopic (exact) mass is 469 g/mol. The van der Waals surface area contributed by atoms with Gasteiger partial charge < -0.3 is 14.8 Å². The van der Waals surface area contributed by atoms with Crippen LogP contribution in [0.1, 0.15) is 45.4 Å². The Labute approximate surface area is 178 Å². The van der Waals surface area contributed by atoms with Crippen LogP contribution in [0.25, 0.3) is 0 Å². The molecule has 4 aliphatic rings. The number of hydrogen-bond acceptors (Lipinski definition) is 4. The van der Waals surface area contributed by atoms with Crippen LogP contribution in [-0.2, 0) is 14.3 Å². The number of anilines is 1. The van der Waals surface area contributed by atoms with Crippen molar-refractivity contribution in [1.29, 1.82) is 0 Å². The minimum atomic E-state index is -0.893. The molecule has 0 radical (unpaired) electrons. The standard InChI is InChI=1S/C21H25BrClNO4/c1-12(18(25)24-16-6-15(23)3-4-17(16)27-2)28-19(26)20-7-13-5-14(8-20)10-21(22,9-13)11-20/h3-4,6,12-14H,5,7-11H2,1-2H3,(H,24,25). The number of halogens is 2. The van der Waals surface area contributed by atoms with Crippen LogP contribution in [0.4, 0.5) is 5.69 Å². The fourth-order valence-electron chi connectivity index (χ4n) is 5.74. The van der Waals surface area contributed by atoms with Gasteiger partial charge in [0.25, 0.3) is 5.91 Å². The maximum atomic E-state index is 13.1. The predicted octanol–water partition coefficient (Wildman–Crippen LogP) is 4.95. The summed E-state index contributed by atoms with van der Waals surface area (Å²) >= 11 is 9.92. The molecular weight excluding hydrogens is 446 g/mol. The summed E-state index contributed by atoms with van der Waals surface area (Å²) in [6.45, 7) is 1.61. The van der Waals surface area contributed by atoms with Gasteiger partial charge in [0.1, 0.15) is 5.75 Å². The molecule has 4 saturated carbocycles. The first-order chi connectivity index (χ1) is 13.2. The number of amides is 1. The zero-order chi connectivity index (χ0) is 20.1. The molecule has 4 bridgehead atoms. The third kappa shape index (κ3) is 3.65. The van der Waals surface area contributed by atoms with Crippen molar-refractivity contribution in [3.05, 3.63) is 23.2 Å². The molecule has 1 N–H and O–H groups in total. The average molecular weight is 471 g/mol. The van der Waals surface area contributed by atoms with E-state index in [9.17, 15) is 9.59 Å². The molecule has 152 valence electrons. The van der Waals surface area contributed by atoms with Crippen molar-refractivity contribution >= 4 is 45.1 Å². The Morgan fingerprint density at radius 3 is 2.54 bits per heavy atom. The topological polar surface area (TPSA) is 64.6 Å². The maximum Gasteiger partial charge on any atom is 0.312 e. The summed E-state index contributed by atoms with van der Waals surface area (Å²) in [6.07, 6.45) is 5.18. The number of alkyl halides is 1. The summed E-state index contributed by atoms with van der Waals surface area (Å²) in [6, 6.07) is 4.97. The van der Waals surface area contributed by atoms with E-state index in [1.54, 1.807) is 25.1 Å². The highest BCUT2D eigenvalue weighted by Gasteiger charge is 2.60. The minimum absolute atomic E-state index is 0.0652. The summed E-state index contributed by atoms with van der Waals surface area (Å²) in [5, 5.41) is 3.24. The largest absolute Gasteiger partial charge is 0.495 e. The number of hydrogen-bond donors (Lipinski definition) is 1. The number of ether oxygens (including phenoxy) is 2. The molecule has 1 aromatic carbocycles. The van der Waals surface area contributed by atoms with Gasteiger partial charge >= 0.3 is 5.97 Å². The molecule has 5 nitrogen and oxygen atoms in total. The van der Waals surface area contributed by atoms with Gasteiger partial charge in [-0.05, 0) is 75.5 Å². The first kappa shape index (κ1) is 20.0. The number of methoxy groups -OCH3 is 1. The second-order valence-electron chi connectivity index (χ2n) is 8.77. The van der Waals surface area contributed by atoms with Crippen molar-refractivity contribution in [2.75, 3.05) is 12.4 Å². The molecule has 4 fully saturated rings. The molecule has 7 heteroatoms. The molecule has 1 amide bonds. The van der Waals surface area contributed by atoms with Crippen LogP contribution in [0.3, 0.4) is 0 Å². The van der Waals surface area contributed by atoms with Crippen molar-refractivity contribution in [2.45, 2.75) is 55.9 Å². The highest BCUT2D eigenvalue weighted by atomic mass is 79.9. The van der Waals surface area contributed by atoms with Crippen LogP contribution in [0.2, 0.25) is 5.02 Å². The molecule has 4 aliphatic carbocycles. The van der Waals surface area contributed by atoms with E-state index in [1.807, 2.05) is 0 Å². The lowest BCUT2D eigenvalue weighted by molar-refractivity contribution is -0.175. The Kier molecular flexibility index (Phi) is 5.15. The lowest BCUT2D eigenvalue weighted by Crippen LogP contribution is -2.56. The maximum absolute atomic E-state index is 13.1. The Morgan fingerprint density at radius 1 is 1.25 bits per heavy atom. The lowest BCUT2D eigenvalue weighted by atomic mass is 9.49. The Morgan fingerprint density at radius 2 is 1.93 bits per heavy atom. The molecule has 0 spiro atoms. The van der Waals surface area contributed by atoms with Gasteiger partial charge in [-0.1, -0.05) is 27.5 Å². The average Bonchev–Trinajstić information content (AvgIpc) is 2.59. The third-order valence-corrected chi connectivity index (χ3v) is 7.66. The van der Waals surface area contributed by atoms with E-state index in [0.29, 0.717) is 28.3 Å². The summed E-state index contributed by atoms with van der Waals surface area (Å²) in [5.41, 5.74) is 0.00712. The van der Waals surface area contributed by atoms with E-state index in [1.165, 1.54) is 13.5 Å². The predicted molar refractivity (Wildman–Crippen MR) is 111 cm³/mol. The van der Waals surface area contributed by atoms with Gasteiger partial charge in [0.2, 0.25) is 0 Å². The molecule has 1 aromatic rings. The first-order valence-corrected chi connectivity index (χ1v) is 10.9. The second kappa shape index (κ2) is 7.21. The number of carbonyl (C=O) groups is 2. The van der Waals surface area contributed by atoms with Gasteiger partial charge in [0.15, 0.2) is 6.10 Å². The Balaban J connectivity index is 1.44. The zero-order valence-corrected chi connectivity index (χ0v) is 18.4. The summed E-state index contributed by atoms with van der Waals surface area (Å²) < 4.78 is 11.0. The van der Waals surface area contributed by atoms with Crippen LogP contribution in [0.15, 0.2) is 18.2 Å². The van der Waals surface area contributed by atoms with Gasteiger partial charge in [-0.3, -0.25) is 9.59 Å². The van der Waals surface area contributed by atoms with E-state index in [-0.39, 0.29) is 10.3 Å². The normalized spacial score (nSPS) is 34.0. The molecule has 5 rings (SSSR count). The highest BCUT2D eigenvalue weighted by Crippen LogP contribution is 2.64. The van der Waals surface area contributed by atoms with Gasteiger partial charge in [-0.2, -0.15) is 0 Å². The molecular formula is C21H25BrClNO4. The molecule has 3 atom stereocenters. The quantitative estimate of drug-likeness (QED) is 0.488. The van der Waals surface area contributed by atoms with Gasteiger partial charge in [-0.25, -0.2) is 0 Å². The summed E-state index contributed by atoms with van der Waals surface area (Å²) in [4.78, 5) is 25.7. The van der Waals surface area contributed by atoms with Gasteiger partial charge in [-0.15, -0.1) is 0 Å². The second-order valence-corrected chi connectivity index (χ2v) is 10.9. The van der Waals surface area contributed by atoms with Crippen LogP contribution in [0.5, 0.6) is 5.75 Å². The summed E-state index contributed by atoms with van der Waals surface area (Å²) in [5.74, 6) is 1.03. The molecule has 0 heterocycles. The van der Waals surface area contributed by atoms with E-state index in [4.69, 9.17) is 21.1 Å². The van der Waals surface area contributed by atoms with Crippen LogP contribution in [-0.4, -0.2) is 29.4 Å². The minimum Gasteiger partial charge on any atom is -0.495 e. The van der Waals surface area contributed by atoms with Crippen LogP contribution >= 0.6 is 27.5 Å². The van der Waals surface area contributed by atoms with Crippen LogP contribution < -0.4 is 10.1 Å². The SMILES string of the molecule is COc1ccc(Cl)cc1NC(=O)C(C)OC(=O)C12CC3CC(CC(Br)(C3)C1)C2. The number of esters is 1. The third-order valence-electron chi connectivity index (χ3n) is 6.50. The number of nitrogens with one attached hydrogen (secondary N) is 1. The number of carbonyl (C=O) groups excluding carboxylic acids is 2. The fraction of sp³-hybridized carbons (Fsp3) is 0.619. The molecule has 28 heavy (non-hydrogen) atoms. The van der Waals surface area contributed by atoms with Gasteiger partial charge in [0, 0.05) is 9.35 Å². The molecule has 3 unspecified atom stereocenters. The zero-order valence-electron chi connectivity index (χ0n) is 16.1. The van der Waals surface area contributed by atoms with Crippen molar-refractivity contribution in [3.8, 4) is 5.75 Å². The number of benzene rings is 1. The Bertz CT molecular complexity index is 800. The summed E-state index contributed by atoms with van der Waals surface area (Å²) in [7, 11) is 1.52. The van der Waals surface area contributed by atoms with E-state index < -0.39 is 17.4 Å². The van der Waals surface area contributed by atoms with Crippen LogP contribution in [0, 0.1) is 17.3 Å². The fourth-order valence-corrected chi connectivity index (χ4v) is 7.37. The first-order valence-electron chi connectivity index (χ1n) is 9.76. The van der Waals surface area contributed by atoms with Gasteiger partial charge in [0.05, 0.1) is 18.2 Å². The molecule has 0 saturated heterocycles. The molecule has 0 aliphatic heterocycles. The van der Waals surface area contributed by atoms with Crippen molar-refractivity contribution in [1.82, 2.24) is 0 Å². The van der Waals surface area contributed by atoms with E-state index >= 15 is 0 Å². The Hall–Kier alpha value is -1.27. The molecule has 0 aromatic heterocycles. The van der Waals surface area contributed by atoms with E-state index in [2.05, 4.69) is 21.2 Å². The van der Waals surface area contributed by atoms with E-state index in [0.717, 1.165) is 32.1 Å². The number of rotatable bonds is 5. The smallest absolute Gasteiger partial charge is 0.312 e. The van der Waals surface area contributed by atoms with Crippen molar-refractivity contribution < 1.29 is 19.1 Å².